The van der Waals surface area contributed by atoms with Crippen LogP contribution < -0.4 is 4.90 Å². The topological polar surface area (TPSA) is 12.5 Å². The van der Waals surface area contributed by atoms with Crippen LogP contribution in [0.1, 0.15) is 17.2 Å². The predicted octanol–water partition coefficient (Wildman–Crippen LogP) is 5.10. The molecule has 0 bridgehead atoms. The SMILES string of the molecule is CN1CCOC(c2ccccc2)Cc2ccc(-c3ccccc3)cc21. The first kappa shape index (κ1) is 15.9. The molecular formula is C23H23NO. The van der Waals surface area contributed by atoms with E-state index in [1.807, 2.05) is 0 Å². The molecule has 126 valence electrons. The van der Waals surface area contributed by atoms with E-state index < -0.39 is 0 Å². The summed E-state index contributed by atoms with van der Waals surface area (Å²) in [6, 6.07) is 27.9. The van der Waals surface area contributed by atoms with Crippen LogP contribution in [-0.2, 0) is 11.2 Å². The van der Waals surface area contributed by atoms with Crippen molar-refractivity contribution < 1.29 is 4.74 Å². The van der Waals surface area contributed by atoms with Gasteiger partial charge in [0.1, 0.15) is 0 Å². The fraction of sp³-hybridized carbons (Fsp3) is 0.217. The van der Waals surface area contributed by atoms with E-state index in [0.717, 1.165) is 19.6 Å². The number of rotatable bonds is 2. The smallest absolute Gasteiger partial charge is 0.0866 e. The maximum atomic E-state index is 6.17. The number of hydrogen-bond donors (Lipinski definition) is 0. The summed E-state index contributed by atoms with van der Waals surface area (Å²) in [6.07, 6.45) is 1.02. The van der Waals surface area contributed by atoms with Gasteiger partial charge in [0.15, 0.2) is 0 Å². The molecule has 4 rings (SSSR count). The zero-order valence-electron chi connectivity index (χ0n) is 14.6. The van der Waals surface area contributed by atoms with Crippen LogP contribution in [0.4, 0.5) is 5.69 Å². The van der Waals surface area contributed by atoms with Crippen molar-refractivity contribution in [1.82, 2.24) is 0 Å². The summed E-state index contributed by atoms with van der Waals surface area (Å²) >= 11 is 0. The van der Waals surface area contributed by atoms with Crippen molar-refractivity contribution in [2.75, 3.05) is 25.1 Å². The van der Waals surface area contributed by atoms with E-state index in [9.17, 15) is 0 Å². The van der Waals surface area contributed by atoms with Crippen LogP contribution in [0, 0.1) is 0 Å². The van der Waals surface area contributed by atoms with Crippen LogP contribution in [0.3, 0.4) is 0 Å². The average molecular weight is 329 g/mol. The summed E-state index contributed by atoms with van der Waals surface area (Å²) in [5.41, 5.74) is 6.44. The van der Waals surface area contributed by atoms with Gasteiger partial charge >= 0.3 is 0 Å². The van der Waals surface area contributed by atoms with Crippen LogP contribution in [-0.4, -0.2) is 20.2 Å². The number of ether oxygens (including phenoxy) is 1. The van der Waals surface area contributed by atoms with Gasteiger partial charge < -0.3 is 9.64 Å². The molecule has 2 heteroatoms. The van der Waals surface area contributed by atoms with Crippen LogP contribution in [0.25, 0.3) is 11.1 Å². The molecule has 1 heterocycles. The number of anilines is 1. The summed E-state index contributed by atoms with van der Waals surface area (Å²) in [4.78, 5) is 2.31. The van der Waals surface area contributed by atoms with Gasteiger partial charge in [-0.25, -0.2) is 0 Å². The molecule has 25 heavy (non-hydrogen) atoms. The minimum Gasteiger partial charge on any atom is -0.372 e. The van der Waals surface area contributed by atoms with Gasteiger partial charge in [0.2, 0.25) is 0 Å². The molecule has 0 saturated heterocycles. The van der Waals surface area contributed by atoms with Crippen molar-refractivity contribution in [3.63, 3.8) is 0 Å². The maximum absolute atomic E-state index is 6.17. The van der Waals surface area contributed by atoms with Crippen molar-refractivity contribution >= 4 is 5.69 Å². The second kappa shape index (κ2) is 7.12. The highest BCUT2D eigenvalue weighted by atomic mass is 16.5. The van der Waals surface area contributed by atoms with Gasteiger partial charge in [-0.3, -0.25) is 0 Å². The van der Waals surface area contributed by atoms with Gasteiger partial charge in [-0.05, 0) is 28.3 Å². The number of likely N-dealkylation sites (N-methyl/N-ethyl adjacent to an activating group) is 1. The number of hydrogen-bond acceptors (Lipinski definition) is 2. The number of benzene rings is 3. The average Bonchev–Trinajstić information content (AvgIpc) is 2.67. The first-order valence-electron chi connectivity index (χ1n) is 8.87. The Hall–Kier alpha value is -2.58. The lowest BCUT2D eigenvalue weighted by Crippen LogP contribution is -2.27. The molecule has 3 aromatic rings. The summed E-state index contributed by atoms with van der Waals surface area (Å²) in [5.74, 6) is 0. The fourth-order valence-corrected chi connectivity index (χ4v) is 3.49. The molecule has 0 N–H and O–H groups in total. The van der Waals surface area contributed by atoms with Crippen LogP contribution >= 0.6 is 0 Å². The van der Waals surface area contributed by atoms with E-state index >= 15 is 0 Å². The lowest BCUT2D eigenvalue weighted by Gasteiger charge is -2.30. The molecule has 0 aromatic heterocycles. The molecule has 1 aliphatic heterocycles. The van der Waals surface area contributed by atoms with Gasteiger partial charge in [0.05, 0.1) is 12.7 Å². The minimum absolute atomic E-state index is 0.122. The quantitative estimate of drug-likeness (QED) is 0.648. The lowest BCUT2D eigenvalue weighted by molar-refractivity contribution is 0.0560. The molecule has 0 aliphatic carbocycles. The third kappa shape index (κ3) is 3.45. The van der Waals surface area contributed by atoms with E-state index in [2.05, 4.69) is 90.8 Å². The van der Waals surface area contributed by atoms with E-state index in [4.69, 9.17) is 4.74 Å². The molecule has 1 unspecified atom stereocenters. The monoisotopic (exact) mass is 329 g/mol. The summed E-state index contributed by atoms with van der Waals surface area (Å²) in [6.45, 7) is 1.64. The van der Waals surface area contributed by atoms with Gasteiger partial charge in [-0.2, -0.15) is 0 Å². The van der Waals surface area contributed by atoms with Crippen LogP contribution in [0.2, 0.25) is 0 Å². The molecular weight excluding hydrogens is 306 g/mol. The molecule has 2 nitrogen and oxygen atoms in total. The first-order valence-corrected chi connectivity index (χ1v) is 8.87. The van der Waals surface area contributed by atoms with Crippen molar-refractivity contribution in [2.24, 2.45) is 0 Å². The standard InChI is InChI=1S/C23H23NO/c1-24-14-15-25-23(19-10-6-3-7-11-19)17-21-13-12-20(16-22(21)24)18-8-4-2-5-9-18/h2-13,16,23H,14-15,17H2,1H3. The fourth-order valence-electron chi connectivity index (χ4n) is 3.49. The molecule has 0 fully saturated rings. The Balaban J connectivity index is 1.70. The Morgan fingerprint density at radius 2 is 1.56 bits per heavy atom. The van der Waals surface area contributed by atoms with Crippen molar-refractivity contribution in [3.05, 3.63) is 90.0 Å². The predicted molar refractivity (Wildman–Crippen MR) is 104 cm³/mol. The Bertz CT molecular complexity index is 829. The largest absolute Gasteiger partial charge is 0.372 e. The Morgan fingerprint density at radius 1 is 0.840 bits per heavy atom. The lowest BCUT2D eigenvalue weighted by atomic mass is 9.95. The third-order valence-corrected chi connectivity index (χ3v) is 4.93. The van der Waals surface area contributed by atoms with E-state index in [-0.39, 0.29) is 6.10 Å². The number of nitrogens with zero attached hydrogens (tertiary/aromatic N) is 1. The first-order chi connectivity index (χ1) is 12.3. The van der Waals surface area contributed by atoms with Crippen molar-refractivity contribution in [1.29, 1.82) is 0 Å². The van der Waals surface area contributed by atoms with Crippen molar-refractivity contribution in [2.45, 2.75) is 12.5 Å². The normalized spacial score (nSPS) is 17.5. The third-order valence-electron chi connectivity index (χ3n) is 4.93. The molecule has 0 spiro atoms. The highest BCUT2D eigenvalue weighted by Crippen LogP contribution is 2.33. The minimum atomic E-state index is 0.122. The van der Waals surface area contributed by atoms with Gasteiger partial charge in [-0.1, -0.05) is 72.8 Å². The maximum Gasteiger partial charge on any atom is 0.0866 e. The summed E-state index contributed by atoms with van der Waals surface area (Å²) < 4.78 is 6.17. The van der Waals surface area contributed by atoms with Gasteiger partial charge in [-0.15, -0.1) is 0 Å². The Labute approximate surface area is 149 Å². The van der Waals surface area contributed by atoms with Gasteiger partial charge in [0, 0.05) is 25.7 Å². The van der Waals surface area contributed by atoms with E-state index in [1.165, 1.54) is 27.9 Å². The Morgan fingerprint density at radius 3 is 2.32 bits per heavy atom. The molecule has 0 saturated carbocycles. The molecule has 3 aromatic carbocycles. The van der Waals surface area contributed by atoms with E-state index in [0.29, 0.717) is 0 Å². The summed E-state index contributed by atoms with van der Waals surface area (Å²) in [5, 5.41) is 0. The summed E-state index contributed by atoms with van der Waals surface area (Å²) in [7, 11) is 2.15. The molecule has 0 radical (unpaired) electrons. The zero-order valence-corrected chi connectivity index (χ0v) is 14.6. The second-order valence-corrected chi connectivity index (χ2v) is 6.61. The number of fused-ring (bicyclic) bond motifs is 1. The van der Waals surface area contributed by atoms with Crippen molar-refractivity contribution in [3.8, 4) is 11.1 Å². The molecule has 1 aliphatic rings. The second-order valence-electron chi connectivity index (χ2n) is 6.61. The van der Waals surface area contributed by atoms with Crippen LogP contribution in [0.5, 0.6) is 0 Å². The van der Waals surface area contributed by atoms with E-state index in [1.54, 1.807) is 0 Å². The zero-order chi connectivity index (χ0) is 17.1. The Kier molecular flexibility index (Phi) is 4.53. The van der Waals surface area contributed by atoms with Crippen LogP contribution in [0.15, 0.2) is 78.9 Å². The molecule has 0 amide bonds. The highest BCUT2D eigenvalue weighted by Gasteiger charge is 2.20. The van der Waals surface area contributed by atoms with Gasteiger partial charge in [0.25, 0.3) is 0 Å². The molecule has 1 atom stereocenters. The highest BCUT2D eigenvalue weighted by molar-refractivity contribution is 5.70.